The number of aromatic hydroxyl groups is 1. The van der Waals surface area contributed by atoms with E-state index in [1.165, 1.54) is 12.6 Å². The molecule has 9 heteroatoms. The van der Waals surface area contributed by atoms with E-state index < -0.39 is 0 Å². The number of nitrogens with zero attached hydrogens (tertiary/aromatic N) is 3. The molecule has 1 aromatic carbocycles. The number of urea groups is 1. The Balaban J connectivity index is 1.56. The van der Waals surface area contributed by atoms with Crippen molar-refractivity contribution < 1.29 is 9.90 Å². The average molecular weight is 432 g/mol. The van der Waals surface area contributed by atoms with E-state index in [0.29, 0.717) is 28.2 Å². The number of hydrogen-bond acceptors (Lipinski definition) is 5. The highest BCUT2D eigenvalue weighted by Crippen LogP contribution is 2.36. The first-order chi connectivity index (χ1) is 14.0. The molecule has 0 aliphatic heterocycles. The quantitative estimate of drug-likeness (QED) is 0.531. The van der Waals surface area contributed by atoms with Crippen LogP contribution in [0.25, 0.3) is 22.4 Å². The summed E-state index contributed by atoms with van der Waals surface area (Å²) in [6, 6.07) is 6.59. The smallest absolute Gasteiger partial charge is 0.320 e. The Kier molecular flexibility index (Phi) is 5.69. The number of anilines is 1. The lowest BCUT2D eigenvalue weighted by molar-refractivity contribution is 0.244. The third-order valence-corrected chi connectivity index (χ3v) is 5.48. The van der Waals surface area contributed by atoms with Crippen molar-refractivity contribution in [2.24, 2.45) is 0 Å². The highest BCUT2D eigenvalue weighted by molar-refractivity contribution is 6.37. The number of nitrogens with one attached hydrogen (secondary N) is 2. The van der Waals surface area contributed by atoms with Gasteiger partial charge in [0.2, 0.25) is 0 Å². The molecule has 1 aliphatic carbocycles. The fourth-order valence-electron chi connectivity index (χ4n) is 3.42. The Morgan fingerprint density at radius 2 is 1.79 bits per heavy atom. The van der Waals surface area contributed by atoms with Gasteiger partial charge in [-0.15, -0.1) is 0 Å². The molecule has 7 nitrogen and oxygen atoms in total. The van der Waals surface area contributed by atoms with Crippen LogP contribution in [0, 0.1) is 0 Å². The molecule has 1 fully saturated rings. The molecule has 2 amide bonds. The number of fused-ring (bicyclic) bond motifs is 1. The van der Waals surface area contributed by atoms with Gasteiger partial charge < -0.3 is 10.4 Å². The van der Waals surface area contributed by atoms with Crippen LogP contribution in [-0.2, 0) is 0 Å². The van der Waals surface area contributed by atoms with E-state index in [2.05, 4.69) is 25.6 Å². The van der Waals surface area contributed by atoms with Gasteiger partial charge in [-0.05, 0) is 37.1 Å². The van der Waals surface area contributed by atoms with E-state index in [1.54, 1.807) is 24.3 Å². The van der Waals surface area contributed by atoms with Gasteiger partial charge in [0.05, 0.1) is 21.9 Å². The number of hydrogen-bond donors (Lipinski definition) is 3. The number of phenolic OH excluding ortho intramolecular Hbond substituents is 1. The van der Waals surface area contributed by atoms with Gasteiger partial charge in [-0.1, -0.05) is 42.5 Å². The van der Waals surface area contributed by atoms with Crippen molar-refractivity contribution in [3.05, 3.63) is 40.5 Å². The topological polar surface area (TPSA) is 100 Å². The lowest BCUT2D eigenvalue weighted by Crippen LogP contribution is -2.39. The molecular weight excluding hydrogens is 413 g/mol. The van der Waals surface area contributed by atoms with E-state index in [0.717, 1.165) is 25.7 Å². The maximum atomic E-state index is 12.2. The van der Waals surface area contributed by atoms with Crippen molar-refractivity contribution in [1.82, 2.24) is 20.3 Å². The minimum Gasteiger partial charge on any atom is -0.505 e. The summed E-state index contributed by atoms with van der Waals surface area (Å²) in [4.78, 5) is 25.4. The van der Waals surface area contributed by atoms with Crippen LogP contribution >= 0.6 is 23.2 Å². The number of rotatable bonds is 3. The van der Waals surface area contributed by atoms with E-state index in [1.807, 2.05) is 0 Å². The monoisotopic (exact) mass is 431 g/mol. The molecule has 1 saturated carbocycles. The maximum absolute atomic E-state index is 12.2. The molecule has 0 radical (unpaired) electrons. The normalized spacial score (nSPS) is 14.7. The number of pyridine rings is 1. The summed E-state index contributed by atoms with van der Waals surface area (Å²) in [6.45, 7) is 0. The number of carbonyl (C=O) groups excluding carboxylic acids is 1. The minimum absolute atomic E-state index is 0.135. The van der Waals surface area contributed by atoms with E-state index >= 15 is 0 Å². The number of aromatic nitrogens is 3. The standard InChI is InChI=1S/C20H19Cl2N5O2/c21-13-8-11(9-14(22)18(13)28)15-6-7-16-19(25-15)26-17(10-23-16)27-20(29)24-12-4-2-1-3-5-12/h6-10,12,28H,1-5H2,(H2,24,25,26,27,29). The lowest BCUT2D eigenvalue weighted by Gasteiger charge is -2.22. The Morgan fingerprint density at radius 1 is 1.07 bits per heavy atom. The van der Waals surface area contributed by atoms with E-state index in [-0.39, 0.29) is 27.9 Å². The average Bonchev–Trinajstić information content (AvgIpc) is 2.71. The van der Waals surface area contributed by atoms with Gasteiger partial charge in [-0.25, -0.2) is 19.7 Å². The van der Waals surface area contributed by atoms with Crippen molar-refractivity contribution in [2.45, 2.75) is 38.1 Å². The van der Waals surface area contributed by atoms with Crippen molar-refractivity contribution >= 4 is 46.2 Å². The summed E-state index contributed by atoms with van der Waals surface area (Å²) >= 11 is 12.0. The predicted molar refractivity (Wildman–Crippen MR) is 113 cm³/mol. The van der Waals surface area contributed by atoms with Crippen LogP contribution in [0.4, 0.5) is 10.6 Å². The zero-order valence-corrected chi connectivity index (χ0v) is 17.0. The molecule has 2 aromatic heterocycles. The first-order valence-electron chi connectivity index (χ1n) is 9.39. The van der Waals surface area contributed by atoms with E-state index in [4.69, 9.17) is 23.2 Å². The molecule has 4 rings (SSSR count). The number of carbonyl (C=O) groups is 1. The SMILES string of the molecule is O=C(Nc1cnc2ccc(-c3cc(Cl)c(O)c(Cl)c3)nc2n1)NC1CCCCC1. The van der Waals surface area contributed by atoms with Crippen molar-refractivity contribution in [3.8, 4) is 17.0 Å². The Hall–Kier alpha value is -2.64. The van der Waals surface area contributed by atoms with Gasteiger partial charge in [-0.3, -0.25) is 5.32 Å². The molecule has 29 heavy (non-hydrogen) atoms. The van der Waals surface area contributed by atoms with Crippen LogP contribution in [0.3, 0.4) is 0 Å². The molecule has 0 bridgehead atoms. The Bertz CT molecular complexity index is 1050. The van der Waals surface area contributed by atoms with Gasteiger partial charge in [0.1, 0.15) is 5.52 Å². The molecule has 3 N–H and O–H groups in total. The first-order valence-corrected chi connectivity index (χ1v) is 10.1. The number of halogens is 2. The second kappa shape index (κ2) is 8.39. The van der Waals surface area contributed by atoms with Crippen molar-refractivity contribution in [3.63, 3.8) is 0 Å². The third kappa shape index (κ3) is 4.52. The third-order valence-electron chi connectivity index (χ3n) is 4.90. The predicted octanol–water partition coefficient (Wildman–Crippen LogP) is 5.16. The molecule has 3 aromatic rings. The van der Waals surface area contributed by atoms with Crippen LogP contribution in [0.2, 0.25) is 10.0 Å². The van der Waals surface area contributed by atoms with Gasteiger partial charge >= 0.3 is 6.03 Å². The molecule has 2 heterocycles. The van der Waals surface area contributed by atoms with Crippen LogP contribution in [0.5, 0.6) is 5.75 Å². The lowest BCUT2D eigenvalue weighted by atomic mass is 9.96. The zero-order valence-electron chi connectivity index (χ0n) is 15.5. The molecule has 0 atom stereocenters. The highest BCUT2D eigenvalue weighted by Gasteiger charge is 2.16. The van der Waals surface area contributed by atoms with Crippen molar-refractivity contribution in [1.29, 1.82) is 0 Å². The fraction of sp³-hybridized carbons (Fsp3) is 0.300. The minimum atomic E-state index is -0.293. The summed E-state index contributed by atoms with van der Waals surface area (Å²) in [5.41, 5.74) is 2.16. The highest BCUT2D eigenvalue weighted by atomic mass is 35.5. The van der Waals surface area contributed by atoms with E-state index in [9.17, 15) is 9.90 Å². The summed E-state index contributed by atoms with van der Waals surface area (Å²) in [5, 5.41) is 15.7. The second-order valence-electron chi connectivity index (χ2n) is 7.02. The summed E-state index contributed by atoms with van der Waals surface area (Å²) in [6.07, 6.45) is 7.00. The van der Waals surface area contributed by atoms with Crippen LogP contribution in [0.15, 0.2) is 30.5 Å². The molecule has 150 valence electrons. The maximum Gasteiger partial charge on any atom is 0.320 e. The Morgan fingerprint density at radius 3 is 2.52 bits per heavy atom. The van der Waals surface area contributed by atoms with Crippen molar-refractivity contribution in [2.75, 3.05) is 5.32 Å². The zero-order chi connectivity index (χ0) is 20.4. The summed E-state index contributed by atoms with van der Waals surface area (Å²) < 4.78 is 0. The largest absolute Gasteiger partial charge is 0.505 e. The summed E-state index contributed by atoms with van der Waals surface area (Å²) in [7, 11) is 0. The van der Waals surface area contributed by atoms with Crippen LogP contribution < -0.4 is 10.6 Å². The summed E-state index contributed by atoms with van der Waals surface area (Å²) in [5.74, 6) is 0.144. The van der Waals surface area contributed by atoms with Gasteiger partial charge in [-0.2, -0.15) is 0 Å². The molecular formula is C20H19Cl2N5O2. The van der Waals surface area contributed by atoms with Crippen LogP contribution in [0.1, 0.15) is 32.1 Å². The number of amides is 2. The number of benzene rings is 1. The molecule has 0 spiro atoms. The van der Waals surface area contributed by atoms with Gasteiger partial charge in [0.25, 0.3) is 0 Å². The van der Waals surface area contributed by atoms with Gasteiger partial charge in [0, 0.05) is 11.6 Å². The number of phenols is 1. The van der Waals surface area contributed by atoms with Crippen LogP contribution in [-0.4, -0.2) is 32.1 Å². The first kappa shape index (κ1) is 19.7. The fourth-order valence-corrected chi connectivity index (χ4v) is 3.90. The molecule has 0 unspecified atom stereocenters. The Labute approximate surface area is 177 Å². The van der Waals surface area contributed by atoms with Gasteiger partial charge in [0.15, 0.2) is 17.2 Å². The molecule has 0 saturated heterocycles. The second-order valence-corrected chi connectivity index (χ2v) is 7.83. The molecule has 1 aliphatic rings.